The van der Waals surface area contributed by atoms with E-state index in [1.165, 1.54) is 4.57 Å². The van der Waals surface area contributed by atoms with Crippen LogP contribution in [-0.2, 0) is 11.3 Å². The topological polar surface area (TPSA) is 105 Å². The average molecular weight is 283 g/mol. The highest BCUT2D eigenvalue weighted by Gasteiger charge is 2.13. The van der Waals surface area contributed by atoms with Crippen molar-refractivity contribution in [2.45, 2.75) is 13.5 Å². The number of nitrogen functional groups attached to an aromatic ring is 1. The minimum Gasteiger partial charge on any atom is -0.383 e. The number of rotatable bonds is 5. The molecule has 1 aliphatic heterocycles. The molecule has 20 heavy (non-hydrogen) atoms. The summed E-state index contributed by atoms with van der Waals surface area (Å²) in [6.07, 6.45) is 0. The van der Waals surface area contributed by atoms with Gasteiger partial charge in [0.1, 0.15) is 11.5 Å². The molecule has 4 N–H and O–H groups in total. The first-order valence-corrected chi connectivity index (χ1v) is 6.80. The standard InChI is InChI=1S/C12H21N5O3/c1-2-17-10(13)9(11(18)15-12(17)19)14-3-4-16-5-7-20-8-6-16/h14H,2-8,13H2,1H3,(H,15,18,19). The van der Waals surface area contributed by atoms with Crippen molar-refractivity contribution in [3.63, 3.8) is 0 Å². The number of aromatic nitrogens is 2. The lowest BCUT2D eigenvalue weighted by Gasteiger charge is -2.26. The molecule has 2 rings (SSSR count). The maximum Gasteiger partial charge on any atom is 0.330 e. The van der Waals surface area contributed by atoms with Crippen molar-refractivity contribution in [3.05, 3.63) is 20.8 Å². The summed E-state index contributed by atoms with van der Waals surface area (Å²) >= 11 is 0. The van der Waals surface area contributed by atoms with E-state index in [1.807, 2.05) is 0 Å². The lowest BCUT2D eigenvalue weighted by atomic mass is 10.4. The van der Waals surface area contributed by atoms with E-state index in [2.05, 4.69) is 15.2 Å². The van der Waals surface area contributed by atoms with Crippen LogP contribution >= 0.6 is 0 Å². The zero-order chi connectivity index (χ0) is 14.5. The third kappa shape index (κ3) is 3.20. The fourth-order valence-electron chi connectivity index (χ4n) is 2.24. The highest BCUT2D eigenvalue weighted by Crippen LogP contribution is 2.09. The zero-order valence-corrected chi connectivity index (χ0v) is 11.6. The molecule has 112 valence electrons. The fraction of sp³-hybridized carbons (Fsp3) is 0.667. The maximum absolute atomic E-state index is 11.8. The average Bonchev–Trinajstić information content (AvgIpc) is 2.44. The summed E-state index contributed by atoms with van der Waals surface area (Å²) in [5.41, 5.74) is 5.17. The first-order chi connectivity index (χ1) is 9.63. The lowest BCUT2D eigenvalue weighted by Crippen LogP contribution is -2.40. The van der Waals surface area contributed by atoms with Crippen molar-refractivity contribution in [1.82, 2.24) is 14.5 Å². The first-order valence-electron chi connectivity index (χ1n) is 6.80. The molecule has 1 aliphatic rings. The molecule has 0 radical (unpaired) electrons. The second-order valence-electron chi connectivity index (χ2n) is 4.64. The first kappa shape index (κ1) is 14.6. The number of ether oxygens (including phenoxy) is 1. The molecule has 0 spiro atoms. The van der Waals surface area contributed by atoms with Crippen molar-refractivity contribution in [1.29, 1.82) is 0 Å². The quantitative estimate of drug-likeness (QED) is 0.632. The van der Waals surface area contributed by atoms with E-state index in [4.69, 9.17) is 10.5 Å². The van der Waals surface area contributed by atoms with Crippen LogP contribution in [0.15, 0.2) is 9.59 Å². The van der Waals surface area contributed by atoms with Gasteiger partial charge in [0.2, 0.25) is 0 Å². The van der Waals surface area contributed by atoms with Crippen LogP contribution in [0.25, 0.3) is 0 Å². The zero-order valence-electron chi connectivity index (χ0n) is 11.6. The number of nitrogens with one attached hydrogen (secondary N) is 2. The van der Waals surface area contributed by atoms with Gasteiger partial charge in [0, 0.05) is 32.7 Å². The molecule has 1 saturated heterocycles. The Kier molecular flexibility index (Phi) is 4.80. The number of hydrogen-bond acceptors (Lipinski definition) is 6. The summed E-state index contributed by atoms with van der Waals surface area (Å²) in [6, 6.07) is 0. The Morgan fingerprint density at radius 2 is 2.05 bits per heavy atom. The third-order valence-corrected chi connectivity index (χ3v) is 3.39. The van der Waals surface area contributed by atoms with Crippen molar-refractivity contribution in [2.75, 3.05) is 50.4 Å². The molecule has 0 unspecified atom stereocenters. The summed E-state index contributed by atoms with van der Waals surface area (Å²) in [6.45, 7) is 6.87. The highest BCUT2D eigenvalue weighted by atomic mass is 16.5. The van der Waals surface area contributed by atoms with Gasteiger partial charge in [-0.2, -0.15) is 0 Å². The molecule has 0 aliphatic carbocycles. The molecular weight excluding hydrogens is 262 g/mol. The van der Waals surface area contributed by atoms with E-state index in [0.717, 1.165) is 32.8 Å². The molecule has 1 aromatic heterocycles. The second-order valence-corrected chi connectivity index (χ2v) is 4.64. The third-order valence-electron chi connectivity index (χ3n) is 3.39. The van der Waals surface area contributed by atoms with Crippen LogP contribution in [0.2, 0.25) is 0 Å². The predicted molar refractivity (Wildman–Crippen MR) is 77.2 cm³/mol. The van der Waals surface area contributed by atoms with Gasteiger partial charge < -0.3 is 15.8 Å². The minimum absolute atomic E-state index is 0.184. The number of aromatic amines is 1. The van der Waals surface area contributed by atoms with Gasteiger partial charge in [-0.3, -0.25) is 19.2 Å². The van der Waals surface area contributed by atoms with Crippen LogP contribution in [0.4, 0.5) is 11.5 Å². The SMILES string of the molecule is CCn1c(N)c(NCCN2CCOCC2)c(=O)[nH]c1=O. The number of H-pyrrole nitrogens is 1. The summed E-state index contributed by atoms with van der Waals surface area (Å²) < 4.78 is 6.60. The fourth-order valence-corrected chi connectivity index (χ4v) is 2.24. The smallest absolute Gasteiger partial charge is 0.330 e. The largest absolute Gasteiger partial charge is 0.383 e. The Hall–Kier alpha value is -1.80. The minimum atomic E-state index is -0.478. The maximum atomic E-state index is 11.8. The van der Waals surface area contributed by atoms with Crippen LogP contribution in [0, 0.1) is 0 Å². The van der Waals surface area contributed by atoms with Crippen LogP contribution in [0.3, 0.4) is 0 Å². The molecule has 8 heteroatoms. The number of nitrogens with two attached hydrogens (primary N) is 1. The highest BCUT2D eigenvalue weighted by molar-refractivity contribution is 5.60. The number of hydrogen-bond donors (Lipinski definition) is 3. The molecule has 0 atom stereocenters. The van der Waals surface area contributed by atoms with Crippen LogP contribution in [-0.4, -0.2) is 53.8 Å². The molecule has 0 bridgehead atoms. The van der Waals surface area contributed by atoms with Gasteiger partial charge in [-0.25, -0.2) is 4.79 Å². The van der Waals surface area contributed by atoms with Gasteiger partial charge in [-0.1, -0.05) is 0 Å². The molecule has 0 saturated carbocycles. The van der Waals surface area contributed by atoms with E-state index in [1.54, 1.807) is 6.92 Å². The monoisotopic (exact) mass is 283 g/mol. The van der Waals surface area contributed by atoms with E-state index in [0.29, 0.717) is 13.1 Å². The lowest BCUT2D eigenvalue weighted by molar-refractivity contribution is 0.0398. The molecule has 2 heterocycles. The Morgan fingerprint density at radius 3 is 2.70 bits per heavy atom. The molecule has 1 aromatic rings. The summed E-state index contributed by atoms with van der Waals surface area (Å²) in [4.78, 5) is 27.8. The Morgan fingerprint density at radius 1 is 1.35 bits per heavy atom. The van der Waals surface area contributed by atoms with Gasteiger partial charge in [0.25, 0.3) is 5.56 Å². The number of morpholine rings is 1. The van der Waals surface area contributed by atoms with Gasteiger partial charge in [-0.05, 0) is 6.92 Å². The Labute approximate surface area is 116 Å². The van der Waals surface area contributed by atoms with Gasteiger partial charge in [0.05, 0.1) is 13.2 Å². The molecular formula is C12H21N5O3. The summed E-state index contributed by atoms with van der Waals surface area (Å²) in [5, 5.41) is 3.02. The molecule has 0 amide bonds. The van der Waals surface area contributed by atoms with Crippen molar-refractivity contribution in [3.8, 4) is 0 Å². The van der Waals surface area contributed by atoms with Crippen LogP contribution in [0.5, 0.6) is 0 Å². The van der Waals surface area contributed by atoms with Crippen molar-refractivity contribution < 1.29 is 4.74 Å². The van der Waals surface area contributed by atoms with Crippen LogP contribution < -0.4 is 22.3 Å². The van der Waals surface area contributed by atoms with Gasteiger partial charge in [0.15, 0.2) is 0 Å². The van der Waals surface area contributed by atoms with E-state index >= 15 is 0 Å². The normalized spacial score (nSPS) is 16.2. The Bertz CT molecular complexity index is 559. The van der Waals surface area contributed by atoms with Gasteiger partial charge >= 0.3 is 5.69 Å². The van der Waals surface area contributed by atoms with Crippen molar-refractivity contribution >= 4 is 11.5 Å². The molecule has 8 nitrogen and oxygen atoms in total. The predicted octanol–water partition coefficient (Wildman–Crippen LogP) is -1.12. The number of anilines is 2. The van der Waals surface area contributed by atoms with E-state index in [-0.39, 0.29) is 11.5 Å². The van der Waals surface area contributed by atoms with Gasteiger partial charge in [-0.15, -0.1) is 0 Å². The van der Waals surface area contributed by atoms with E-state index < -0.39 is 11.2 Å². The second kappa shape index (κ2) is 6.58. The van der Waals surface area contributed by atoms with Crippen molar-refractivity contribution in [2.24, 2.45) is 0 Å². The molecule has 0 aromatic carbocycles. The Balaban J connectivity index is 2.02. The van der Waals surface area contributed by atoms with Crippen LogP contribution in [0.1, 0.15) is 6.92 Å². The summed E-state index contributed by atoms with van der Waals surface area (Å²) in [7, 11) is 0. The summed E-state index contributed by atoms with van der Waals surface area (Å²) in [5.74, 6) is 0.184. The molecule has 1 fully saturated rings. The van der Waals surface area contributed by atoms with E-state index in [9.17, 15) is 9.59 Å². The number of nitrogens with zero attached hydrogens (tertiary/aromatic N) is 2.